The van der Waals surface area contributed by atoms with Crippen molar-refractivity contribution in [1.29, 1.82) is 0 Å². The SMILES string of the molecule is CCC(C)C(=O)NS(=O)(=O)c1ccc(Cl)c([N+](=O)[O-])c1. The van der Waals surface area contributed by atoms with Gasteiger partial charge < -0.3 is 0 Å². The Morgan fingerprint density at radius 2 is 2.10 bits per heavy atom. The van der Waals surface area contributed by atoms with E-state index in [1.54, 1.807) is 13.8 Å². The van der Waals surface area contributed by atoms with E-state index in [4.69, 9.17) is 11.6 Å². The summed E-state index contributed by atoms with van der Waals surface area (Å²) in [5.74, 6) is -1.14. The van der Waals surface area contributed by atoms with Gasteiger partial charge in [0.1, 0.15) is 5.02 Å². The summed E-state index contributed by atoms with van der Waals surface area (Å²) in [6.45, 7) is 3.32. The second-order valence-electron chi connectivity index (χ2n) is 4.15. The second kappa shape index (κ2) is 6.19. The lowest BCUT2D eigenvalue weighted by Crippen LogP contribution is -2.34. The largest absolute Gasteiger partial charge is 0.289 e. The maximum atomic E-state index is 12.0. The number of amides is 1. The standard InChI is InChI=1S/C11H13ClN2O5S/c1-3-7(2)11(15)13-20(18,19)8-4-5-9(12)10(6-8)14(16)17/h4-7H,3H2,1-2H3,(H,13,15). The number of halogens is 1. The molecule has 0 aliphatic rings. The van der Waals surface area contributed by atoms with Crippen molar-refractivity contribution in [3.8, 4) is 0 Å². The summed E-state index contributed by atoms with van der Waals surface area (Å²) >= 11 is 5.60. The number of nitrogens with zero attached hydrogens (tertiary/aromatic N) is 1. The van der Waals surface area contributed by atoms with Gasteiger partial charge in [-0.25, -0.2) is 13.1 Å². The van der Waals surface area contributed by atoms with Crippen LogP contribution >= 0.6 is 11.6 Å². The summed E-state index contributed by atoms with van der Waals surface area (Å²) in [6, 6.07) is 3.01. The highest BCUT2D eigenvalue weighted by Gasteiger charge is 2.24. The molecular weight excluding hydrogens is 308 g/mol. The van der Waals surface area contributed by atoms with Crippen LogP contribution in [0.25, 0.3) is 0 Å². The molecule has 0 radical (unpaired) electrons. The Kier molecular flexibility index (Phi) is 5.07. The van der Waals surface area contributed by atoms with E-state index in [0.717, 1.165) is 18.2 Å². The van der Waals surface area contributed by atoms with Crippen LogP contribution in [0.3, 0.4) is 0 Å². The summed E-state index contributed by atoms with van der Waals surface area (Å²) in [5.41, 5.74) is -0.537. The number of carbonyl (C=O) groups excluding carboxylic acids is 1. The van der Waals surface area contributed by atoms with Crippen molar-refractivity contribution in [1.82, 2.24) is 4.72 Å². The average molecular weight is 321 g/mol. The summed E-state index contributed by atoms with van der Waals surface area (Å²) in [4.78, 5) is 21.1. The third kappa shape index (κ3) is 3.67. The van der Waals surface area contributed by atoms with Crippen molar-refractivity contribution in [2.45, 2.75) is 25.2 Å². The zero-order chi connectivity index (χ0) is 15.5. The number of benzene rings is 1. The summed E-state index contributed by atoms with van der Waals surface area (Å²) in [7, 11) is -4.15. The predicted molar refractivity (Wildman–Crippen MR) is 72.9 cm³/mol. The summed E-state index contributed by atoms with van der Waals surface area (Å²) < 4.78 is 25.8. The minimum Gasteiger partial charge on any atom is -0.274 e. The van der Waals surface area contributed by atoms with Crippen LogP contribution in [-0.4, -0.2) is 19.2 Å². The Bertz CT molecular complexity index is 644. The van der Waals surface area contributed by atoms with E-state index in [2.05, 4.69) is 0 Å². The molecule has 7 nitrogen and oxygen atoms in total. The smallest absolute Gasteiger partial charge is 0.274 e. The first kappa shape index (κ1) is 16.4. The Labute approximate surface area is 121 Å². The molecule has 20 heavy (non-hydrogen) atoms. The summed E-state index contributed by atoms with van der Waals surface area (Å²) in [6.07, 6.45) is 0.474. The van der Waals surface area contributed by atoms with E-state index in [1.165, 1.54) is 0 Å². The monoisotopic (exact) mass is 320 g/mol. The van der Waals surface area contributed by atoms with Crippen molar-refractivity contribution in [2.75, 3.05) is 0 Å². The molecule has 9 heteroatoms. The zero-order valence-corrected chi connectivity index (χ0v) is 12.4. The number of carbonyl (C=O) groups is 1. The Morgan fingerprint density at radius 1 is 1.50 bits per heavy atom. The van der Waals surface area contributed by atoms with E-state index in [1.807, 2.05) is 4.72 Å². The molecule has 1 rings (SSSR count). The molecule has 0 saturated heterocycles. The maximum Gasteiger partial charge on any atom is 0.289 e. The van der Waals surface area contributed by atoms with E-state index in [9.17, 15) is 23.3 Å². The molecule has 0 bridgehead atoms. The molecule has 0 spiro atoms. The highest BCUT2D eigenvalue weighted by molar-refractivity contribution is 7.90. The van der Waals surface area contributed by atoms with Crippen molar-refractivity contribution < 1.29 is 18.1 Å². The molecule has 0 heterocycles. The lowest BCUT2D eigenvalue weighted by Gasteiger charge is -2.10. The number of hydrogen-bond acceptors (Lipinski definition) is 5. The Morgan fingerprint density at radius 3 is 2.60 bits per heavy atom. The van der Waals surface area contributed by atoms with Gasteiger partial charge in [-0.1, -0.05) is 25.4 Å². The normalized spacial score (nSPS) is 12.8. The van der Waals surface area contributed by atoms with Gasteiger partial charge in [0.25, 0.3) is 15.7 Å². The third-order valence-corrected chi connectivity index (χ3v) is 4.38. The number of nitro groups is 1. The first-order chi connectivity index (χ1) is 9.19. The molecule has 110 valence electrons. The van der Waals surface area contributed by atoms with Gasteiger partial charge in [0, 0.05) is 12.0 Å². The van der Waals surface area contributed by atoms with Crippen LogP contribution in [0.5, 0.6) is 0 Å². The van der Waals surface area contributed by atoms with Gasteiger partial charge in [0.15, 0.2) is 0 Å². The molecule has 0 aromatic heterocycles. The molecule has 0 aliphatic heterocycles. The van der Waals surface area contributed by atoms with Crippen LogP contribution in [0.2, 0.25) is 5.02 Å². The molecule has 1 aromatic carbocycles. The molecule has 0 fully saturated rings. The molecule has 0 aliphatic carbocycles. The molecule has 1 N–H and O–H groups in total. The van der Waals surface area contributed by atoms with Crippen molar-refractivity contribution in [3.63, 3.8) is 0 Å². The van der Waals surface area contributed by atoms with Crippen LogP contribution in [0, 0.1) is 16.0 Å². The van der Waals surface area contributed by atoms with Crippen LogP contribution in [0.1, 0.15) is 20.3 Å². The molecule has 1 amide bonds. The van der Waals surface area contributed by atoms with E-state index in [0.29, 0.717) is 6.42 Å². The van der Waals surface area contributed by atoms with Crippen LogP contribution in [0.15, 0.2) is 23.1 Å². The summed E-state index contributed by atoms with van der Waals surface area (Å²) in [5, 5.41) is 10.5. The van der Waals surface area contributed by atoms with Gasteiger partial charge in [0.05, 0.1) is 9.82 Å². The van der Waals surface area contributed by atoms with Gasteiger partial charge in [-0.15, -0.1) is 0 Å². The fourth-order valence-corrected chi connectivity index (χ4v) is 2.56. The van der Waals surface area contributed by atoms with Crippen LogP contribution in [-0.2, 0) is 14.8 Å². The first-order valence-corrected chi connectivity index (χ1v) is 7.55. The van der Waals surface area contributed by atoms with E-state index >= 15 is 0 Å². The minimum atomic E-state index is -4.15. The first-order valence-electron chi connectivity index (χ1n) is 5.69. The molecular formula is C11H13ClN2O5S. The van der Waals surface area contributed by atoms with Crippen LogP contribution in [0.4, 0.5) is 5.69 Å². The molecule has 1 unspecified atom stereocenters. The highest BCUT2D eigenvalue weighted by Crippen LogP contribution is 2.27. The van der Waals surface area contributed by atoms with E-state index < -0.39 is 32.5 Å². The van der Waals surface area contributed by atoms with E-state index in [-0.39, 0.29) is 9.92 Å². The Hall–Kier alpha value is -1.67. The van der Waals surface area contributed by atoms with Crippen molar-refractivity contribution in [3.05, 3.63) is 33.3 Å². The van der Waals surface area contributed by atoms with Gasteiger partial charge in [0.2, 0.25) is 5.91 Å². The van der Waals surface area contributed by atoms with Gasteiger partial charge >= 0.3 is 0 Å². The Balaban J connectivity index is 3.14. The van der Waals surface area contributed by atoms with Gasteiger partial charge in [-0.3, -0.25) is 14.9 Å². The topological polar surface area (TPSA) is 106 Å². The predicted octanol–water partition coefficient (Wildman–Crippen LogP) is 2.10. The number of hydrogen-bond donors (Lipinski definition) is 1. The molecule has 1 atom stereocenters. The molecule has 0 saturated carbocycles. The van der Waals surface area contributed by atoms with Gasteiger partial charge in [-0.05, 0) is 18.6 Å². The zero-order valence-electron chi connectivity index (χ0n) is 10.8. The minimum absolute atomic E-state index is 0.179. The number of nitrogens with one attached hydrogen (secondary N) is 1. The number of sulfonamides is 1. The third-order valence-electron chi connectivity index (χ3n) is 2.72. The maximum absolute atomic E-state index is 12.0. The second-order valence-corrected chi connectivity index (χ2v) is 6.24. The fourth-order valence-electron chi connectivity index (χ4n) is 1.28. The fraction of sp³-hybridized carbons (Fsp3) is 0.364. The van der Waals surface area contributed by atoms with Crippen molar-refractivity contribution in [2.24, 2.45) is 5.92 Å². The lowest BCUT2D eigenvalue weighted by atomic mass is 10.1. The number of nitro benzene ring substituents is 1. The highest BCUT2D eigenvalue weighted by atomic mass is 35.5. The average Bonchev–Trinajstić information content (AvgIpc) is 2.36. The number of rotatable bonds is 5. The van der Waals surface area contributed by atoms with Crippen molar-refractivity contribution >= 4 is 33.2 Å². The van der Waals surface area contributed by atoms with Gasteiger partial charge in [-0.2, -0.15) is 0 Å². The quantitative estimate of drug-likeness (QED) is 0.660. The lowest BCUT2D eigenvalue weighted by molar-refractivity contribution is -0.384. The van der Waals surface area contributed by atoms with Crippen LogP contribution < -0.4 is 4.72 Å². The molecule has 1 aromatic rings.